The number of rotatable bonds is 77. The van der Waals surface area contributed by atoms with Crippen molar-refractivity contribution in [2.45, 2.75) is 411 Å². The van der Waals surface area contributed by atoms with Crippen LogP contribution in [0, 0.1) is 0 Å². The number of ether oxygens (including phenoxy) is 4. The second-order valence-corrected chi connectivity index (χ2v) is 29.0. The number of hydrogen-bond acceptors (Lipinski definition) is 8. The molecule has 0 amide bonds. The first-order valence-electron chi connectivity index (χ1n) is 41.1. The van der Waals surface area contributed by atoms with Crippen LogP contribution in [0.15, 0.2) is 72.9 Å². The third kappa shape index (κ3) is 77.9. The molecule has 0 aliphatic heterocycles. The molecule has 0 radical (unpaired) electrons. The molecule has 0 aliphatic carbocycles. The molecule has 0 aromatic carbocycles. The fraction of sp³-hybridized carbons (Fsp3) is 0.826. The normalized spacial score (nSPS) is 13.0. The van der Waals surface area contributed by atoms with E-state index in [-0.39, 0.29) is 32.2 Å². The Morgan fingerprint density at radius 3 is 0.905 bits per heavy atom. The van der Waals surface area contributed by atoms with Crippen molar-refractivity contribution in [3.63, 3.8) is 0 Å². The topological polar surface area (TPSA) is 111 Å². The Morgan fingerprint density at radius 1 is 0.326 bits per heavy atom. The van der Waals surface area contributed by atoms with E-state index in [0.717, 1.165) is 70.6 Å². The van der Waals surface area contributed by atoms with E-state index in [1.54, 1.807) is 0 Å². The largest absolute Gasteiger partial charge is 0.545 e. The lowest BCUT2D eigenvalue weighted by molar-refractivity contribution is -0.870. The van der Waals surface area contributed by atoms with Gasteiger partial charge in [0.2, 0.25) is 0 Å². The van der Waals surface area contributed by atoms with Crippen LogP contribution in [0.25, 0.3) is 0 Å². The maximum absolute atomic E-state index is 13.0. The molecular formula is C86H157NO8. The number of quaternary nitrogens is 1. The zero-order chi connectivity index (χ0) is 69.0. The third-order valence-corrected chi connectivity index (χ3v) is 18.4. The highest BCUT2D eigenvalue weighted by Crippen LogP contribution is 2.20. The van der Waals surface area contributed by atoms with Crippen molar-refractivity contribution in [3.05, 3.63) is 72.9 Å². The fourth-order valence-electron chi connectivity index (χ4n) is 12.2. The Labute approximate surface area is 589 Å². The van der Waals surface area contributed by atoms with Gasteiger partial charge in [-0.15, -0.1) is 0 Å². The Morgan fingerprint density at radius 2 is 0.600 bits per heavy atom. The number of nitrogens with zero attached hydrogens (tertiary/aromatic N) is 1. The average molecular weight is 1330 g/mol. The maximum atomic E-state index is 13.0. The van der Waals surface area contributed by atoms with E-state index in [2.05, 4.69) is 86.8 Å². The van der Waals surface area contributed by atoms with Crippen LogP contribution in [0.2, 0.25) is 0 Å². The van der Waals surface area contributed by atoms with Gasteiger partial charge in [0.15, 0.2) is 12.4 Å². The molecule has 0 spiro atoms. The smallest absolute Gasteiger partial charge is 0.306 e. The summed E-state index contributed by atoms with van der Waals surface area (Å²) in [5, 5.41) is 11.9. The van der Waals surface area contributed by atoms with Crippen molar-refractivity contribution in [1.29, 1.82) is 0 Å². The summed E-state index contributed by atoms with van der Waals surface area (Å²) >= 11 is 0. The molecule has 554 valence electrons. The zero-order valence-electron chi connectivity index (χ0n) is 63.6. The molecule has 95 heavy (non-hydrogen) atoms. The molecule has 2 atom stereocenters. The van der Waals surface area contributed by atoms with Gasteiger partial charge < -0.3 is 33.3 Å². The summed E-state index contributed by atoms with van der Waals surface area (Å²) in [6.45, 7) is 4.70. The number of carboxylic acids is 1. The Kier molecular flexibility index (Phi) is 73.9. The van der Waals surface area contributed by atoms with Crippen LogP contribution in [-0.2, 0) is 33.3 Å². The lowest BCUT2D eigenvalue weighted by Crippen LogP contribution is -2.44. The molecule has 0 heterocycles. The van der Waals surface area contributed by atoms with Crippen LogP contribution < -0.4 is 5.11 Å². The van der Waals surface area contributed by atoms with Gasteiger partial charge in [0.1, 0.15) is 13.2 Å². The molecule has 0 saturated heterocycles. The second kappa shape index (κ2) is 76.5. The van der Waals surface area contributed by atoms with Crippen molar-refractivity contribution in [2.24, 2.45) is 0 Å². The van der Waals surface area contributed by atoms with Crippen LogP contribution in [0.1, 0.15) is 399 Å². The van der Waals surface area contributed by atoms with Crippen LogP contribution in [0.5, 0.6) is 0 Å². The monoisotopic (exact) mass is 1330 g/mol. The van der Waals surface area contributed by atoms with Gasteiger partial charge in [0, 0.05) is 12.8 Å². The predicted molar refractivity (Wildman–Crippen MR) is 408 cm³/mol. The molecule has 0 bridgehead atoms. The van der Waals surface area contributed by atoms with E-state index < -0.39 is 24.3 Å². The molecule has 0 rings (SSSR count). The van der Waals surface area contributed by atoms with Gasteiger partial charge in [-0.3, -0.25) is 9.59 Å². The summed E-state index contributed by atoms with van der Waals surface area (Å²) < 4.78 is 22.9. The molecule has 0 aliphatic rings. The van der Waals surface area contributed by atoms with E-state index in [0.29, 0.717) is 17.4 Å². The van der Waals surface area contributed by atoms with Crippen LogP contribution >= 0.6 is 0 Å². The molecule has 0 N–H and O–H groups in total. The summed E-state index contributed by atoms with van der Waals surface area (Å²) in [5.41, 5.74) is 0. The van der Waals surface area contributed by atoms with Crippen molar-refractivity contribution in [1.82, 2.24) is 0 Å². The SMILES string of the molecule is CC/C=C\C/C=C\C/C=C\C/C=C\C/C=C\CCCCCCCCCCCCCCCCCCCCCCCCCCCC(=O)OC(COC(=O)CCCCCCCCCCCCCCCCCCC/C=C\CCCCCCCCCC)COC(OCC[N+](C)(C)C)C(=O)[O-]. The maximum Gasteiger partial charge on any atom is 0.306 e. The van der Waals surface area contributed by atoms with E-state index in [1.807, 2.05) is 21.1 Å². The van der Waals surface area contributed by atoms with Gasteiger partial charge >= 0.3 is 11.9 Å². The molecule has 2 unspecified atom stereocenters. The number of aliphatic carboxylic acids is 1. The van der Waals surface area contributed by atoms with Gasteiger partial charge in [-0.1, -0.05) is 376 Å². The highest BCUT2D eigenvalue weighted by Gasteiger charge is 2.22. The van der Waals surface area contributed by atoms with Gasteiger partial charge in [-0.2, -0.15) is 0 Å². The summed E-state index contributed by atoms with van der Waals surface area (Å²) in [6, 6.07) is 0. The van der Waals surface area contributed by atoms with Crippen molar-refractivity contribution in [3.8, 4) is 0 Å². The molecule has 9 nitrogen and oxygen atoms in total. The highest BCUT2D eigenvalue weighted by atomic mass is 16.7. The minimum atomic E-state index is -1.62. The van der Waals surface area contributed by atoms with Crippen LogP contribution in [0.4, 0.5) is 0 Å². The first kappa shape index (κ1) is 91.7. The molecular weight excluding hydrogens is 1170 g/mol. The van der Waals surface area contributed by atoms with E-state index in [4.69, 9.17) is 18.9 Å². The molecule has 0 saturated carbocycles. The number of likely N-dealkylation sites (N-methyl/N-ethyl adjacent to an activating group) is 1. The molecule has 0 aromatic heterocycles. The van der Waals surface area contributed by atoms with Gasteiger partial charge in [-0.05, 0) is 83.5 Å². The number of allylic oxidation sites excluding steroid dienone is 12. The van der Waals surface area contributed by atoms with Gasteiger partial charge in [0.05, 0.1) is 40.3 Å². The molecule has 0 aromatic rings. The number of esters is 2. The van der Waals surface area contributed by atoms with Gasteiger partial charge in [0.25, 0.3) is 0 Å². The predicted octanol–water partition coefficient (Wildman–Crippen LogP) is 25.0. The lowest BCUT2D eigenvalue weighted by Gasteiger charge is -2.26. The summed E-state index contributed by atoms with van der Waals surface area (Å²) in [4.78, 5) is 37.6. The number of hydrogen-bond donors (Lipinski definition) is 0. The number of carbonyl (C=O) groups is 3. The van der Waals surface area contributed by atoms with Crippen molar-refractivity contribution >= 4 is 17.9 Å². The third-order valence-electron chi connectivity index (χ3n) is 18.4. The second-order valence-electron chi connectivity index (χ2n) is 29.0. The lowest BCUT2D eigenvalue weighted by atomic mass is 10.0. The first-order valence-corrected chi connectivity index (χ1v) is 41.1. The number of carboxylic acid groups (broad SMARTS) is 1. The Bertz CT molecular complexity index is 1790. The van der Waals surface area contributed by atoms with Gasteiger partial charge in [-0.25, -0.2) is 0 Å². The van der Waals surface area contributed by atoms with E-state index in [1.165, 1.54) is 302 Å². The van der Waals surface area contributed by atoms with Crippen LogP contribution in [-0.4, -0.2) is 82.3 Å². The average Bonchev–Trinajstić information content (AvgIpc) is 3.54. The standard InChI is InChI=1S/C86H157NO8/c1-6-8-10-12-14-16-18-20-22-24-26-28-30-32-34-36-37-38-39-40-41-42-43-44-45-46-47-49-51-53-55-57-59-61-63-65-67-69-71-73-75-77-84(89)95-82(81-94-86(85(90)91)92-79-78-87(3,4)5)80-93-83(88)76-74-72-70-68-66-64-62-60-58-56-54-52-50-48-35-33-31-29-27-25-23-21-19-17-15-13-11-9-7-2/h8,10,14,16,20,22,25-28,32,34,82,86H,6-7,9,11-13,15,17-19,21,23-24,29-31,33,35-81H2,1-5H3/b10-8-,16-14-,22-20-,27-25-,28-26-,34-32-. The van der Waals surface area contributed by atoms with Crippen LogP contribution in [0.3, 0.4) is 0 Å². The van der Waals surface area contributed by atoms with Crippen molar-refractivity contribution in [2.75, 3.05) is 47.5 Å². The minimum absolute atomic E-state index is 0.150. The molecule has 0 fully saturated rings. The quantitative estimate of drug-likeness (QED) is 0.0195. The summed E-state index contributed by atoms with van der Waals surface area (Å²) in [5.74, 6) is -2.25. The Balaban J connectivity index is 3.95. The number of unbranched alkanes of at least 4 members (excludes halogenated alkanes) is 50. The van der Waals surface area contributed by atoms with E-state index in [9.17, 15) is 19.5 Å². The highest BCUT2D eigenvalue weighted by molar-refractivity contribution is 5.70. The van der Waals surface area contributed by atoms with E-state index >= 15 is 0 Å². The summed E-state index contributed by atoms with van der Waals surface area (Å²) in [6.07, 6.45) is 100. The van der Waals surface area contributed by atoms with Crippen molar-refractivity contribution < 1.29 is 42.9 Å². The minimum Gasteiger partial charge on any atom is -0.545 e. The fourth-order valence-corrected chi connectivity index (χ4v) is 12.2. The summed E-state index contributed by atoms with van der Waals surface area (Å²) in [7, 11) is 5.95. The zero-order valence-corrected chi connectivity index (χ0v) is 63.6. The first-order chi connectivity index (χ1) is 46.6. The number of carbonyl (C=O) groups excluding carboxylic acids is 3. The Hall–Kier alpha value is -3.27. The molecule has 9 heteroatoms.